The summed E-state index contributed by atoms with van der Waals surface area (Å²) in [5.74, 6) is -0.0371. The molecule has 0 aromatic heterocycles. The van der Waals surface area contributed by atoms with Crippen molar-refractivity contribution in [2.45, 2.75) is 488 Å². The van der Waals surface area contributed by atoms with Gasteiger partial charge in [0.15, 0.2) is 0 Å². The first-order valence-corrected chi connectivity index (χ1v) is 42.3. The molecule has 1 amide bonds. The van der Waals surface area contributed by atoms with Crippen molar-refractivity contribution in [3.8, 4) is 0 Å². The van der Waals surface area contributed by atoms with Crippen LogP contribution in [0.3, 0.4) is 0 Å². The average molecular weight is 1290 g/mol. The summed E-state index contributed by atoms with van der Waals surface area (Å²) in [6.07, 6.45) is 107. The molecular formula is C86H165NO5. The fraction of sp³-hybridized carbons (Fsp3) is 0.907. The van der Waals surface area contributed by atoms with Gasteiger partial charge in [0.2, 0.25) is 5.91 Å². The molecule has 544 valence electrons. The van der Waals surface area contributed by atoms with Gasteiger partial charge in [-0.25, -0.2) is 0 Å². The van der Waals surface area contributed by atoms with Crippen molar-refractivity contribution in [3.63, 3.8) is 0 Å². The van der Waals surface area contributed by atoms with Gasteiger partial charge in [-0.15, -0.1) is 0 Å². The van der Waals surface area contributed by atoms with Crippen molar-refractivity contribution in [1.82, 2.24) is 5.32 Å². The van der Waals surface area contributed by atoms with E-state index in [4.69, 9.17) is 4.74 Å². The van der Waals surface area contributed by atoms with E-state index in [1.165, 1.54) is 411 Å². The average Bonchev–Trinajstić information content (AvgIpc) is 3.60. The fourth-order valence-corrected chi connectivity index (χ4v) is 13.5. The molecule has 0 bridgehead atoms. The van der Waals surface area contributed by atoms with E-state index in [9.17, 15) is 19.8 Å². The molecule has 0 aliphatic carbocycles. The Kier molecular flexibility index (Phi) is 79.8. The molecule has 2 atom stereocenters. The summed E-state index contributed by atoms with van der Waals surface area (Å²) in [4.78, 5) is 24.7. The van der Waals surface area contributed by atoms with Gasteiger partial charge in [-0.3, -0.25) is 9.59 Å². The molecule has 0 aromatic rings. The third-order valence-corrected chi connectivity index (χ3v) is 19.9. The van der Waals surface area contributed by atoms with E-state index in [0.29, 0.717) is 19.4 Å². The van der Waals surface area contributed by atoms with Gasteiger partial charge in [0.05, 0.1) is 25.4 Å². The zero-order chi connectivity index (χ0) is 66.3. The van der Waals surface area contributed by atoms with Gasteiger partial charge in [0, 0.05) is 12.8 Å². The van der Waals surface area contributed by atoms with Crippen LogP contribution in [0.25, 0.3) is 0 Å². The lowest BCUT2D eigenvalue weighted by molar-refractivity contribution is -0.143. The number of aliphatic hydroxyl groups excluding tert-OH is 2. The largest absolute Gasteiger partial charge is 0.466 e. The number of nitrogens with one attached hydrogen (secondary N) is 1. The molecule has 0 saturated carbocycles. The van der Waals surface area contributed by atoms with Gasteiger partial charge >= 0.3 is 5.97 Å². The molecule has 0 aromatic carbocycles. The molecular weight excluding hydrogens is 1130 g/mol. The summed E-state index contributed by atoms with van der Waals surface area (Å²) < 4.78 is 5.52. The highest BCUT2D eigenvalue weighted by atomic mass is 16.5. The number of esters is 1. The number of unbranched alkanes of at least 4 members (excludes halogenated alkanes) is 65. The molecule has 6 heteroatoms. The molecule has 6 nitrogen and oxygen atoms in total. The number of hydrogen-bond donors (Lipinski definition) is 3. The van der Waals surface area contributed by atoms with Gasteiger partial charge in [0.1, 0.15) is 0 Å². The standard InChI is InChI=1S/C86H165NO5/c1-3-5-7-9-11-13-15-17-19-21-43-48-52-56-60-64-68-72-76-80-86(91)92-81-77-73-69-65-61-57-53-49-45-42-40-38-36-34-32-30-28-26-24-22-23-25-27-29-31-33-35-37-39-41-44-47-51-55-59-63-67-71-75-79-85(90)87-83(82-88)84(89)78-74-70-66-62-58-54-50-46-20-18-16-14-12-10-8-6-4-2/h17,19,22-23,74,78,83-84,88-89H,3-16,18,20-21,24-73,75-77,79-82H2,1-2H3,(H,87,90)/b19-17-,23-22-,78-74+. The normalized spacial score (nSPS) is 12.6. The van der Waals surface area contributed by atoms with Crippen LogP contribution >= 0.6 is 0 Å². The van der Waals surface area contributed by atoms with E-state index < -0.39 is 12.1 Å². The van der Waals surface area contributed by atoms with Crippen LogP contribution in [0.2, 0.25) is 0 Å². The Morgan fingerprint density at radius 2 is 0.511 bits per heavy atom. The van der Waals surface area contributed by atoms with Crippen molar-refractivity contribution in [3.05, 3.63) is 36.5 Å². The Hall–Kier alpha value is -1.92. The summed E-state index contributed by atoms with van der Waals surface area (Å²) in [5, 5.41) is 23.2. The Balaban J connectivity index is 3.32. The molecule has 0 saturated heterocycles. The topological polar surface area (TPSA) is 95.9 Å². The van der Waals surface area contributed by atoms with Gasteiger partial charge < -0.3 is 20.3 Å². The molecule has 0 rings (SSSR count). The zero-order valence-corrected chi connectivity index (χ0v) is 62.6. The van der Waals surface area contributed by atoms with Crippen LogP contribution in [0, 0.1) is 0 Å². The minimum Gasteiger partial charge on any atom is -0.466 e. The summed E-state index contributed by atoms with van der Waals surface area (Å²) in [7, 11) is 0. The number of hydrogen-bond acceptors (Lipinski definition) is 5. The SMILES string of the molecule is CCCCCCCC/C=C\CCCCCCCCCCCC(=O)OCCCCCCCCCCCCCCCCCCCC/C=C\CCCCCCCCCCCCCCCCCCCC(=O)NC(CO)C(O)/C=C/CCCCCCCCCCCCCCCCC. The first kappa shape index (κ1) is 90.1. The summed E-state index contributed by atoms with van der Waals surface area (Å²) in [5.41, 5.74) is 0. The Morgan fingerprint density at radius 3 is 0.772 bits per heavy atom. The van der Waals surface area contributed by atoms with Crippen LogP contribution in [0.5, 0.6) is 0 Å². The molecule has 0 fully saturated rings. The predicted octanol–water partition coefficient (Wildman–Crippen LogP) is 28.2. The van der Waals surface area contributed by atoms with Gasteiger partial charge in [0.25, 0.3) is 0 Å². The molecule has 0 spiro atoms. The second-order valence-electron chi connectivity index (χ2n) is 29.2. The number of amides is 1. The Bertz CT molecular complexity index is 1490. The summed E-state index contributed by atoms with van der Waals surface area (Å²) >= 11 is 0. The highest BCUT2D eigenvalue weighted by Gasteiger charge is 2.18. The highest BCUT2D eigenvalue weighted by Crippen LogP contribution is 2.20. The van der Waals surface area contributed by atoms with Crippen LogP contribution < -0.4 is 5.32 Å². The van der Waals surface area contributed by atoms with Crippen molar-refractivity contribution in [2.24, 2.45) is 0 Å². The minimum absolute atomic E-state index is 0.0228. The maximum absolute atomic E-state index is 12.5. The number of carbonyl (C=O) groups excluding carboxylic acids is 2. The van der Waals surface area contributed by atoms with Crippen LogP contribution in [0.15, 0.2) is 36.5 Å². The highest BCUT2D eigenvalue weighted by molar-refractivity contribution is 5.76. The second-order valence-corrected chi connectivity index (χ2v) is 29.2. The number of carbonyl (C=O) groups is 2. The van der Waals surface area contributed by atoms with Gasteiger partial charge in [-0.2, -0.15) is 0 Å². The molecule has 0 radical (unpaired) electrons. The third-order valence-electron chi connectivity index (χ3n) is 19.9. The van der Waals surface area contributed by atoms with Crippen LogP contribution in [-0.2, 0) is 14.3 Å². The molecule has 0 aliphatic heterocycles. The van der Waals surface area contributed by atoms with Crippen LogP contribution in [0.1, 0.15) is 476 Å². The fourth-order valence-electron chi connectivity index (χ4n) is 13.5. The Labute approximate surface area is 576 Å². The van der Waals surface area contributed by atoms with E-state index in [1.54, 1.807) is 6.08 Å². The monoisotopic (exact) mass is 1290 g/mol. The van der Waals surface area contributed by atoms with Gasteiger partial charge in [-0.1, -0.05) is 416 Å². The quantitative estimate of drug-likeness (QED) is 0.0320. The number of allylic oxidation sites excluding steroid dienone is 5. The third kappa shape index (κ3) is 77.1. The smallest absolute Gasteiger partial charge is 0.305 e. The first-order chi connectivity index (χ1) is 45.5. The lowest BCUT2D eigenvalue weighted by Crippen LogP contribution is -2.45. The van der Waals surface area contributed by atoms with E-state index in [0.717, 1.165) is 38.5 Å². The first-order valence-electron chi connectivity index (χ1n) is 42.3. The Morgan fingerprint density at radius 1 is 0.293 bits per heavy atom. The lowest BCUT2D eigenvalue weighted by atomic mass is 10.0. The molecule has 0 heterocycles. The maximum Gasteiger partial charge on any atom is 0.305 e. The predicted molar refractivity (Wildman–Crippen MR) is 407 cm³/mol. The summed E-state index contributed by atoms with van der Waals surface area (Å²) in [6.45, 7) is 4.95. The van der Waals surface area contributed by atoms with Crippen molar-refractivity contribution in [2.75, 3.05) is 13.2 Å². The van der Waals surface area contributed by atoms with Crippen molar-refractivity contribution >= 4 is 11.9 Å². The van der Waals surface area contributed by atoms with Crippen LogP contribution in [0.4, 0.5) is 0 Å². The number of aliphatic hydroxyl groups is 2. The van der Waals surface area contributed by atoms with Gasteiger partial charge in [-0.05, 0) is 83.5 Å². The van der Waals surface area contributed by atoms with Crippen LogP contribution in [-0.4, -0.2) is 47.4 Å². The summed E-state index contributed by atoms with van der Waals surface area (Å²) in [6, 6.07) is -0.625. The minimum atomic E-state index is -0.842. The van der Waals surface area contributed by atoms with E-state index in [2.05, 4.69) is 43.5 Å². The van der Waals surface area contributed by atoms with E-state index in [1.807, 2.05) is 6.08 Å². The van der Waals surface area contributed by atoms with Crippen molar-refractivity contribution < 1.29 is 24.5 Å². The molecule has 2 unspecified atom stereocenters. The molecule has 3 N–H and O–H groups in total. The molecule has 92 heavy (non-hydrogen) atoms. The lowest BCUT2D eigenvalue weighted by Gasteiger charge is -2.20. The van der Waals surface area contributed by atoms with E-state index >= 15 is 0 Å². The second kappa shape index (κ2) is 81.5. The maximum atomic E-state index is 12.5. The van der Waals surface area contributed by atoms with Crippen molar-refractivity contribution in [1.29, 1.82) is 0 Å². The van der Waals surface area contributed by atoms with E-state index in [-0.39, 0.29) is 18.5 Å². The zero-order valence-electron chi connectivity index (χ0n) is 62.6. The molecule has 0 aliphatic rings. The number of ether oxygens (including phenoxy) is 1. The number of rotatable bonds is 80.